The minimum absolute atomic E-state index is 0.178. The minimum Gasteiger partial charge on any atom is -0.497 e. The molecule has 0 unspecified atom stereocenters. The van der Waals surface area contributed by atoms with Gasteiger partial charge in [-0.15, -0.1) is 0 Å². The van der Waals surface area contributed by atoms with Crippen LogP contribution in [0, 0.1) is 0 Å². The number of carbonyl (C=O) groups is 1. The van der Waals surface area contributed by atoms with E-state index >= 15 is 0 Å². The van der Waals surface area contributed by atoms with Crippen molar-refractivity contribution in [3.63, 3.8) is 0 Å². The lowest BCUT2D eigenvalue weighted by Crippen LogP contribution is -2.40. The van der Waals surface area contributed by atoms with Crippen LogP contribution in [0.5, 0.6) is 11.5 Å². The number of methoxy groups -OCH3 is 1. The van der Waals surface area contributed by atoms with E-state index in [4.69, 9.17) is 19.2 Å². The van der Waals surface area contributed by atoms with Crippen molar-refractivity contribution in [3.8, 4) is 11.5 Å². The van der Waals surface area contributed by atoms with Crippen molar-refractivity contribution in [2.45, 2.75) is 19.6 Å². The highest BCUT2D eigenvalue weighted by Gasteiger charge is 2.35. The summed E-state index contributed by atoms with van der Waals surface area (Å²) in [7, 11) is 1.58. The number of hydrogen-bond acceptors (Lipinski definition) is 7. The Morgan fingerprint density at radius 2 is 1.76 bits per heavy atom. The summed E-state index contributed by atoms with van der Waals surface area (Å²) in [4.78, 5) is 33.2. The van der Waals surface area contributed by atoms with E-state index in [9.17, 15) is 9.59 Å². The second-order valence-electron chi connectivity index (χ2n) is 10.3. The summed E-state index contributed by atoms with van der Waals surface area (Å²) < 4.78 is 20.9. The number of aromatic nitrogens is 1. The summed E-state index contributed by atoms with van der Waals surface area (Å²) in [6, 6.07) is 29.7. The van der Waals surface area contributed by atoms with E-state index in [0.717, 1.165) is 25.6 Å². The quantitative estimate of drug-likeness (QED) is 0.151. The van der Waals surface area contributed by atoms with Crippen molar-refractivity contribution in [1.82, 2.24) is 4.57 Å². The van der Waals surface area contributed by atoms with Gasteiger partial charge < -0.3 is 14.2 Å². The average molecular weight is 761 g/mol. The highest BCUT2D eigenvalue weighted by Crippen LogP contribution is 2.36. The van der Waals surface area contributed by atoms with Gasteiger partial charge in [0.05, 0.1) is 40.0 Å². The molecular weight excluding hydrogens is 732 g/mol. The summed E-state index contributed by atoms with van der Waals surface area (Å²) in [6.45, 7) is 2.35. The van der Waals surface area contributed by atoms with Crippen LogP contribution in [0.25, 0.3) is 11.8 Å². The van der Waals surface area contributed by atoms with E-state index in [1.807, 2.05) is 103 Å². The SMILES string of the molecule is CCOC(=O)C1=C(c2ccccc2)N=c2s/c(=C\c3ccc(OCc4ccc(Br)cc4)c(Br)c3)c(=O)n2[C@@H]1c1cccc(OC)c1. The Morgan fingerprint density at radius 1 is 0.978 bits per heavy atom. The van der Waals surface area contributed by atoms with E-state index in [0.29, 0.717) is 38.7 Å². The van der Waals surface area contributed by atoms with E-state index in [2.05, 4.69) is 31.9 Å². The maximum atomic E-state index is 14.2. The third-order valence-corrected chi connectivity index (χ3v) is 9.48. The van der Waals surface area contributed by atoms with Crippen molar-refractivity contribution in [2.75, 3.05) is 13.7 Å². The van der Waals surface area contributed by atoms with Gasteiger partial charge in [0.15, 0.2) is 4.80 Å². The predicted molar refractivity (Wildman–Crippen MR) is 187 cm³/mol. The third kappa shape index (κ3) is 6.65. The fourth-order valence-corrected chi connectivity index (χ4v) is 6.96. The molecule has 1 aromatic heterocycles. The molecule has 0 saturated heterocycles. The number of hydrogen-bond donors (Lipinski definition) is 0. The fraction of sp³-hybridized carbons (Fsp3) is 0.139. The zero-order valence-electron chi connectivity index (χ0n) is 24.9. The van der Waals surface area contributed by atoms with Gasteiger partial charge in [-0.1, -0.05) is 87.9 Å². The molecule has 6 rings (SSSR count). The lowest BCUT2D eigenvalue weighted by molar-refractivity contribution is -0.138. The number of ether oxygens (including phenoxy) is 3. The minimum atomic E-state index is -0.788. The zero-order chi connectivity index (χ0) is 32.2. The standard InChI is InChI=1S/C36H28Br2N2O5S/c1-3-44-35(42)31-32(24-8-5-4-6-9-24)39-36-40(33(31)25-10-7-11-27(20-25)43-2)34(41)30(46-36)19-23-14-17-29(28(38)18-23)45-21-22-12-15-26(37)16-13-22/h4-20,33H,3,21H2,1-2H3/b30-19-/t33-/m1/s1. The van der Waals surface area contributed by atoms with Crippen LogP contribution in [-0.2, 0) is 16.1 Å². The van der Waals surface area contributed by atoms with Gasteiger partial charge in [0.25, 0.3) is 5.56 Å². The molecular formula is C36H28Br2N2O5S. The van der Waals surface area contributed by atoms with Crippen molar-refractivity contribution in [2.24, 2.45) is 4.99 Å². The number of nitrogens with zero attached hydrogens (tertiary/aromatic N) is 2. The van der Waals surface area contributed by atoms with E-state index in [1.54, 1.807) is 18.6 Å². The van der Waals surface area contributed by atoms with Crippen LogP contribution in [0.1, 0.15) is 35.2 Å². The number of esters is 1. The van der Waals surface area contributed by atoms with E-state index < -0.39 is 12.0 Å². The van der Waals surface area contributed by atoms with Gasteiger partial charge in [0.1, 0.15) is 18.1 Å². The number of benzene rings is 4. The summed E-state index contributed by atoms with van der Waals surface area (Å²) in [6.07, 6.45) is 1.83. The summed E-state index contributed by atoms with van der Waals surface area (Å²) >= 11 is 8.35. The molecule has 0 radical (unpaired) electrons. The first-order chi connectivity index (χ1) is 22.4. The molecule has 0 aliphatic carbocycles. The third-order valence-electron chi connectivity index (χ3n) is 7.34. The van der Waals surface area contributed by atoms with Crippen LogP contribution < -0.4 is 24.4 Å². The van der Waals surface area contributed by atoms with Gasteiger partial charge >= 0.3 is 5.97 Å². The Labute approximate surface area is 286 Å². The normalized spacial score (nSPS) is 14.4. The molecule has 1 atom stereocenters. The predicted octanol–water partition coefficient (Wildman–Crippen LogP) is 7.05. The molecule has 0 saturated carbocycles. The first kappa shape index (κ1) is 31.7. The molecule has 1 aliphatic rings. The number of carbonyl (C=O) groups excluding carboxylic acids is 1. The molecule has 0 amide bonds. The second-order valence-corrected chi connectivity index (χ2v) is 13.1. The van der Waals surface area contributed by atoms with Crippen molar-refractivity contribution in [1.29, 1.82) is 0 Å². The maximum absolute atomic E-state index is 14.2. The van der Waals surface area contributed by atoms with Crippen LogP contribution in [0.3, 0.4) is 0 Å². The first-order valence-electron chi connectivity index (χ1n) is 14.5. The van der Waals surface area contributed by atoms with Crippen LogP contribution in [0.2, 0.25) is 0 Å². The smallest absolute Gasteiger partial charge is 0.338 e. The van der Waals surface area contributed by atoms with Gasteiger partial charge in [-0.05, 0) is 82.0 Å². The summed E-state index contributed by atoms with van der Waals surface area (Å²) in [5, 5.41) is 0. The van der Waals surface area contributed by atoms with E-state index in [1.165, 1.54) is 11.3 Å². The van der Waals surface area contributed by atoms with E-state index in [-0.39, 0.29) is 17.7 Å². The topological polar surface area (TPSA) is 79.1 Å². The molecule has 46 heavy (non-hydrogen) atoms. The molecule has 0 bridgehead atoms. The van der Waals surface area contributed by atoms with Crippen LogP contribution in [-0.4, -0.2) is 24.3 Å². The second kappa shape index (κ2) is 14.0. The highest BCUT2D eigenvalue weighted by molar-refractivity contribution is 9.10. The average Bonchev–Trinajstić information content (AvgIpc) is 3.38. The first-order valence-corrected chi connectivity index (χ1v) is 16.9. The molecule has 0 N–H and O–H groups in total. The number of fused-ring (bicyclic) bond motifs is 1. The molecule has 5 aromatic rings. The summed E-state index contributed by atoms with van der Waals surface area (Å²) in [5.41, 5.74) is 3.79. The van der Waals surface area contributed by atoms with Crippen LogP contribution in [0.4, 0.5) is 0 Å². The largest absolute Gasteiger partial charge is 0.497 e. The molecule has 2 heterocycles. The molecule has 0 spiro atoms. The highest BCUT2D eigenvalue weighted by atomic mass is 79.9. The lowest BCUT2D eigenvalue weighted by Gasteiger charge is -2.26. The Morgan fingerprint density at radius 3 is 2.48 bits per heavy atom. The Bertz CT molecular complexity index is 2120. The molecule has 0 fully saturated rings. The molecule has 1 aliphatic heterocycles. The number of thiazole rings is 1. The zero-order valence-corrected chi connectivity index (χ0v) is 28.9. The Hall–Kier alpha value is -4.25. The van der Waals surface area contributed by atoms with Crippen molar-refractivity contribution >= 4 is 60.9 Å². The molecule has 4 aromatic carbocycles. The van der Waals surface area contributed by atoms with Crippen molar-refractivity contribution in [3.05, 3.63) is 154 Å². The Kier molecular flexibility index (Phi) is 9.67. The van der Waals surface area contributed by atoms with Crippen molar-refractivity contribution < 1.29 is 19.0 Å². The molecule has 10 heteroatoms. The van der Waals surface area contributed by atoms with Gasteiger partial charge in [0.2, 0.25) is 0 Å². The number of rotatable bonds is 9. The molecule has 7 nitrogen and oxygen atoms in total. The van der Waals surface area contributed by atoms with Gasteiger partial charge in [0, 0.05) is 10.0 Å². The fourth-order valence-electron chi connectivity index (χ4n) is 5.18. The Balaban J connectivity index is 1.46. The van der Waals surface area contributed by atoms with Gasteiger partial charge in [-0.3, -0.25) is 9.36 Å². The van der Waals surface area contributed by atoms with Gasteiger partial charge in [-0.25, -0.2) is 9.79 Å². The maximum Gasteiger partial charge on any atom is 0.338 e. The lowest BCUT2D eigenvalue weighted by atomic mass is 9.93. The number of halogens is 2. The molecule has 232 valence electrons. The van der Waals surface area contributed by atoms with Gasteiger partial charge in [-0.2, -0.15) is 0 Å². The summed E-state index contributed by atoms with van der Waals surface area (Å²) in [5.74, 6) is 0.759. The van der Waals surface area contributed by atoms with Crippen LogP contribution in [0.15, 0.2) is 121 Å². The monoisotopic (exact) mass is 758 g/mol. The van der Waals surface area contributed by atoms with Crippen LogP contribution >= 0.6 is 43.2 Å².